The smallest absolute Gasteiger partial charge is 0.273 e. The first-order valence-electron chi connectivity index (χ1n) is 6.59. The van der Waals surface area contributed by atoms with Crippen molar-refractivity contribution in [3.63, 3.8) is 0 Å². The lowest BCUT2D eigenvalue weighted by atomic mass is 9.91. The summed E-state index contributed by atoms with van der Waals surface area (Å²) in [6.07, 6.45) is 5.86. The number of aromatic amines is 1. The van der Waals surface area contributed by atoms with Crippen LogP contribution in [0.3, 0.4) is 0 Å². The van der Waals surface area contributed by atoms with Gasteiger partial charge in [-0.05, 0) is 37.8 Å². The lowest BCUT2D eigenvalue weighted by Crippen LogP contribution is -2.35. The fourth-order valence-electron chi connectivity index (χ4n) is 2.65. The summed E-state index contributed by atoms with van der Waals surface area (Å²) in [5, 5.41) is 10.5. The molecule has 1 saturated carbocycles. The maximum Gasteiger partial charge on any atom is 0.273 e. The summed E-state index contributed by atoms with van der Waals surface area (Å²) in [6, 6.07) is 4.04. The van der Waals surface area contributed by atoms with E-state index in [-0.39, 0.29) is 11.6 Å². The fraction of sp³-hybridized carbons (Fsp3) is 0.462. The molecule has 0 aliphatic heterocycles. The molecule has 0 amide bonds. The zero-order valence-electron chi connectivity index (χ0n) is 10.6. The van der Waals surface area contributed by atoms with Gasteiger partial charge in [0.05, 0.1) is 5.39 Å². The molecule has 0 unspecified atom stereocenters. The van der Waals surface area contributed by atoms with Gasteiger partial charge in [0, 0.05) is 18.3 Å². The molecule has 3 rings (SSSR count). The predicted octanol–water partition coefficient (Wildman–Crippen LogP) is 1.000. The monoisotopic (exact) mass is 259 g/mol. The second-order valence-corrected chi connectivity index (χ2v) is 5.07. The number of nitrogens with one attached hydrogen (secondary N) is 2. The van der Waals surface area contributed by atoms with E-state index < -0.39 is 0 Å². The highest BCUT2D eigenvalue weighted by Gasteiger charge is 2.20. The van der Waals surface area contributed by atoms with E-state index in [0.29, 0.717) is 22.8 Å². The Labute approximate surface area is 110 Å². The van der Waals surface area contributed by atoms with E-state index in [1.54, 1.807) is 18.3 Å². The van der Waals surface area contributed by atoms with Crippen LogP contribution in [0.4, 0.5) is 5.82 Å². The molecule has 1 aliphatic carbocycles. The third-order valence-electron chi connectivity index (χ3n) is 3.60. The fourth-order valence-corrected chi connectivity index (χ4v) is 2.65. The number of aromatic nitrogens is 3. The summed E-state index contributed by atoms with van der Waals surface area (Å²) < 4.78 is 0. The van der Waals surface area contributed by atoms with Crippen molar-refractivity contribution in [3.8, 4) is 0 Å². The number of hydrogen-bond acceptors (Lipinski definition) is 5. The Kier molecular flexibility index (Phi) is 3.16. The maximum absolute atomic E-state index is 11.7. The molecule has 1 fully saturated rings. The highest BCUT2D eigenvalue weighted by molar-refractivity contribution is 5.86. The molecule has 100 valence electrons. The number of anilines is 1. The van der Waals surface area contributed by atoms with Gasteiger partial charge >= 0.3 is 0 Å². The highest BCUT2D eigenvalue weighted by atomic mass is 16.1. The maximum atomic E-state index is 11.7. The van der Waals surface area contributed by atoms with Crippen molar-refractivity contribution in [2.24, 2.45) is 5.73 Å². The van der Waals surface area contributed by atoms with E-state index in [2.05, 4.69) is 20.5 Å². The quantitative estimate of drug-likeness (QED) is 0.747. The number of rotatable bonds is 2. The van der Waals surface area contributed by atoms with Crippen LogP contribution in [0.15, 0.2) is 23.1 Å². The first-order chi connectivity index (χ1) is 9.24. The zero-order valence-corrected chi connectivity index (χ0v) is 10.6. The van der Waals surface area contributed by atoms with Crippen LogP contribution in [0, 0.1) is 0 Å². The van der Waals surface area contributed by atoms with Crippen LogP contribution in [0.25, 0.3) is 10.9 Å². The Morgan fingerprint density at radius 1 is 1.42 bits per heavy atom. The molecule has 2 aromatic rings. The summed E-state index contributed by atoms with van der Waals surface area (Å²) in [6.45, 7) is 0. The van der Waals surface area contributed by atoms with Crippen LogP contribution >= 0.6 is 0 Å². The van der Waals surface area contributed by atoms with Crippen molar-refractivity contribution < 1.29 is 0 Å². The van der Waals surface area contributed by atoms with Crippen LogP contribution in [-0.4, -0.2) is 27.3 Å². The Morgan fingerprint density at radius 3 is 3.16 bits per heavy atom. The molecule has 6 nitrogen and oxygen atoms in total. The van der Waals surface area contributed by atoms with Gasteiger partial charge in [0.2, 0.25) is 0 Å². The van der Waals surface area contributed by atoms with E-state index in [1.807, 2.05) is 0 Å². The molecule has 6 heteroatoms. The van der Waals surface area contributed by atoms with Gasteiger partial charge < -0.3 is 11.1 Å². The van der Waals surface area contributed by atoms with Gasteiger partial charge in [-0.25, -0.2) is 5.10 Å². The minimum absolute atomic E-state index is 0.214. The third-order valence-corrected chi connectivity index (χ3v) is 3.60. The molecule has 19 heavy (non-hydrogen) atoms. The number of nitrogens with two attached hydrogens (primary N) is 1. The number of H-pyrrole nitrogens is 1. The molecule has 2 heterocycles. The Bertz CT molecular complexity index is 638. The standard InChI is InChI=1S/C13H17N5O/c14-8-3-1-4-9(7-8)16-12-11-10(5-2-6-15-11)13(19)18-17-12/h2,5-6,8-9H,1,3-4,7,14H2,(H,16,17)(H,18,19)/t8-,9+/m1/s1. The van der Waals surface area contributed by atoms with E-state index in [9.17, 15) is 4.79 Å². The molecule has 0 aromatic carbocycles. The predicted molar refractivity (Wildman–Crippen MR) is 74.0 cm³/mol. The van der Waals surface area contributed by atoms with Crippen molar-refractivity contribution in [2.75, 3.05) is 5.32 Å². The van der Waals surface area contributed by atoms with Crippen LogP contribution in [0.2, 0.25) is 0 Å². The first-order valence-corrected chi connectivity index (χ1v) is 6.59. The summed E-state index contributed by atoms with van der Waals surface area (Å²) >= 11 is 0. The van der Waals surface area contributed by atoms with Gasteiger partial charge in [-0.2, -0.15) is 5.10 Å². The van der Waals surface area contributed by atoms with Gasteiger partial charge in [-0.3, -0.25) is 9.78 Å². The molecule has 0 bridgehead atoms. The van der Waals surface area contributed by atoms with Crippen molar-refractivity contribution in [2.45, 2.75) is 37.8 Å². The van der Waals surface area contributed by atoms with Gasteiger partial charge in [0.1, 0.15) is 5.52 Å². The van der Waals surface area contributed by atoms with E-state index in [0.717, 1.165) is 25.7 Å². The normalized spacial score (nSPS) is 23.4. The van der Waals surface area contributed by atoms with Crippen LogP contribution in [-0.2, 0) is 0 Å². The van der Waals surface area contributed by atoms with Gasteiger partial charge in [-0.15, -0.1) is 0 Å². The molecular weight excluding hydrogens is 242 g/mol. The molecule has 0 spiro atoms. The summed E-state index contributed by atoms with van der Waals surface area (Å²) in [4.78, 5) is 15.9. The molecular formula is C13H17N5O. The second kappa shape index (κ2) is 4.97. The topological polar surface area (TPSA) is 96.7 Å². The van der Waals surface area contributed by atoms with E-state index >= 15 is 0 Å². The Morgan fingerprint density at radius 2 is 2.32 bits per heavy atom. The lowest BCUT2D eigenvalue weighted by Gasteiger charge is -2.27. The first kappa shape index (κ1) is 12.1. The van der Waals surface area contributed by atoms with E-state index in [1.165, 1.54) is 0 Å². The number of fused-ring (bicyclic) bond motifs is 1. The molecule has 2 atom stereocenters. The molecule has 2 aromatic heterocycles. The zero-order chi connectivity index (χ0) is 13.2. The summed E-state index contributed by atoms with van der Waals surface area (Å²) in [5.74, 6) is 0.634. The lowest BCUT2D eigenvalue weighted by molar-refractivity contribution is 0.409. The Balaban J connectivity index is 1.93. The van der Waals surface area contributed by atoms with Gasteiger partial charge in [0.25, 0.3) is 5.56 Å². The average molecular weight is 259 g/mol. The highest BCUT2D eigenvalue weighted by Crippen LogP contribution is 2.22. The van der Waals surface area contributed by atoms with Crippen molar-refractivity contribution >= 4 is 16.7 Å². The third kappa shape index (κ3) is 2.44. The molecule has 0 radical (unpaired) electrons. The minimum atomic E-state index is -0.214. The average Bonchev–Trinajstić information content (AvgIpc) is 2.42. The Hall–Kier alpha value is -1.95. The SMILES string of the molecule is N[C@@H]1CCC[C@H](Nc2n[nH]c(=O)c3cccnc23)C1. The van der Waals surface area contributed by atoms with E-state index in [4.69, 9.17) is 5.73 Å². The number of nitrogens with zero attached hydrogens (tertiary/aromatic N) is 2. The van der Waals surface area contributed by atoms with Gasteiger partial charge in [-0.1, -0.05) is 0 Å². The van der Waals surface area contributed by atoms with Crippen molar-refractivity contribution in [1.82, 2.24) is 15.2 Å². The van der Waals surface area contributed by atoms with Crippen LogP contribution < -0.4 is 16.6 Å². The summed E-state index contributed by atoms with van der Waals surface area (Å²) in [5.41, 5.74) is 6.38. The van der Waals surface area contributed by atoms with Crippen LogP contribution in [0.5, 0.6) is 0 Å². The number of pyridine rings is 1. The number of hydrogen-bond donors (Lipinski definition) is 3. The molecule has 1 aliphatic rings. The largest absolute Gasteiger partial charge is 0.364 e. The minimum Gasteiger partial charge on any atom is -0.364 e. The van der Waals surface area contributed by atoms with Crippen molar-refractivity contribution in [1.29, 1.82) is 0 Å². The van der Waals surface area contributed by atoms with Gasteiger partial charge in [0.15, 0.2) is 5.82 Å². The summed E-state index contributed by atoms with van der Waals surface area (Å²) in [7, 11) is 0. The van der Waals surface area contributed by atoms with Crippen LogP contribution in [0.1, 0.15) is 25.7 Å². The van der Waals surface area contributed by atoms with Crippen molar-refractivity contribution in [3.05, 3.63) is 28.7 Å². The molecule has 0 saturated heterocycles. The molecule has 4 N–H and O–H groups in total. The second-order valence-electron chi connectivity index (χ2n) is 5.07.